The molecule has 0 aliphatic carbocycles. The Morgan fingerprint density at radius 3 is 2.54 bits per heavy atom. The highest BCUT2D eigenvalue weighted by Crippen LogP contribution is 2.27. The van der Waals surface area contributed by atoms with Crippen molar-refractivity contribution in [3.8, 4) is 11.5 Å². The number of rotatable bonds is 9. The summed E-state index contributed by atoms with van der Waals surface area (Å²) < 4.78 is 20.9. The molecule has 0 unspecified atom stereocenters. The maximum absolute atomic E-state index is 12.7. The number of methoxy groups -OCH3 is 3. The molecule has 1 heterocycles. The first-order valence-electron chi connectivity index (χ1n) is 7.68. The van der Waals surface area contributed by atoms with E-state index in [0.717, 1.165) is 11.3 Å². The normalized spacial score (nSPS) is 10.5. The molecule has 6 nitrogen and oxygen atoms in total. The van der Waals surface area contributed by atoms with Crippen LogP contribution in [0.4, 0.5) is 0 Å². The van der Waals surface area contributed by atoms with Crippen molar-refractivity contribution in [3.63, 3.8) is 0 Å². The van der Waals surface area contributed by atoms with E-state index >= 15 is 0 Å². The highest BCUT2D eigenvalue weighted by molar-refractivity contribution is 5.79. The highest BCUT2D eigenvalue weighted by Gasteiger charge is 2.16. The average molecular weight is 333 g/mol. The molecule has 2 rings (SSSR count). The van der Waals surface area contributed by atoms with Crippen LogP contribution in [0.2, 0.25) is 0 Å². The summed E-state index contributed by atoms with van der Waals surface area (Å²) in [5.74, 6) is 1.99. The highest BCUT2D eigenvalue weighted by atomic mass is 16.5. The first-order chi connectivity index (χ1) is 11.7. The average Bonchev–Trinajstić information content (AvgIpc) is 3.11. The second kappa shape index (κ2) is 8.98. The van der Waals surface area contributed by atoms with E-state index in [0.29, 0.717) is 31.2 Å². The Balaban J connectivity index is 2.08. The van der Waals surface area contributed by atoms with Crippen molar-refractivity contribution in [1.82, 2.24) is 4.90 Å². The van der Waals surface area contributed by atoms with Gasteiger partial charge in [-0.3, -0.25) is 4.79 Å². The van der Waals surface area contributed by atoms with Crippen LogP contribution in [0.1, 0.15) is 11.3 Å². The third kappa shape index (κ3) is 4.76. The van der Waals surface area contributed by atoms with E-state index in [1.165, 1.54) is 0 Å². The zero-order valence-electron chi connectivity index (χ0n) is 14.3. The fourth-order valence-corrected chi connectivity index (χ4v) is 2.36. The van der Waals surface area contributed by atoms with Gasteiger partial charge in [-0.15, -0.1) is 0 Å². The summed E-state index contributed by atoms with van der Waals surface area (Å²) in [6.45, 7) is 1.39. The lowest BCUT2D eigenvalue weighted by atomic mass is 10.1. The number of carbonyl (C=O) groups excluding carboxylic acids is 1. The van der Waals surface area contributed by atoms with E-state index in [4.69, 9.17) is 18.6 Å². The molecule has 0 bridgehead atoms. The van der Waals surface area contributed by atoms with E-state index < -0.39 is 0 Å². The van der Waals surface area contributed by atoms with Gasteiger partial charge in [-0.1, -0.05) is 6.07 Å². The number of amides is 1. The molecule has 0 saturated heterocycles. The summed E-state index contributed by atoms with van der Waals surface area (Å²) in [6, 6.07) is 9.14. The SMILES string of the molecule is COCCN(Cc1ccco1)C(=O)Cc1ccc(OC)c(OC)c1. The molecule has 0 fully saturated rings. The molecular formula is C18H23NO5. The molecule has 130 valence electrons. The molecular weight excluding hydrogens is 310 g/mol. The fraction of sp³-hybridized carbons (Fsp3) is 0.389. The minimum Gasteiger partial charge on any atom is -0.493 e. The molecule has 1 amide bonds. The van der Waals surface area contributed by atoms with Crippen LogP contribution < -0.4 is 9.47 Å². The molecule has 1 aromatic heterocycles. The Hall–Kier alpha value is -2.47. The fourth-order valence-electron chi connectivity index (χ4n) is 2.36. The number of hydrogen-bond donors (Lipinski definition) is 0. The Bertz CT molecular complexity index is 639. The largest absolute Gasteiger partial charge is 0.493 e. The van der Waals surface area contributed by atoms with Crippen molar-refractivity contribution in [2.45, 2.75) is 13.0 Å². The topological polar surface area (TPSA) is 61.1 Å². The van der Waals surface area contributed by atoms with Gasteiger partial charge in [0.05, 0.1) is 40.1 Å². The zero-order valence-corrected chi connectivity index (χ0v) is 14.3. The van der Waals surface area contributed by atoms with Gasteiger partial charge in [0.15, 0.2) is 11.5 Å². The van der Waals surface area contributed by atoms with Crippen molar-refractivity contribution >= 4 is 5.91 Å². The maximum atomic E-state index is 12.7. The summed E-state index contributed by atoms with van der Waals surface area (Å²) in [5.41, 5.74) is 0.861. The van der Waals surface area contributed by atoms with Crippen LogP contribution in [0, 0.1) is 0 Å². The molecule has 1 aromatic carbocycles. The van der Waals surface area contributed by atoms with E-state index in [-0.39, 0.29) is 12.3 Å². The van der Waals surface area contributed by atoms with E-state index in [1.807, 2.05) is 24.3 Å². The van der Waals surface area contributed by atoms with Crippen LogP contribution in [-0.2, 0) is 22.5 Å². The Morgan fingerprint density at radius 2 is 1.92 bits per heavy atom. The van der Waals surface area contributed by atoms with E-state index in [1.54, 1.807) is 38.6 Å². The van der Waals surface area contributed by atoms with Crippen LogP contribution in [0.5, 0.6) is 11.5 Å². The summed E-state index contributed by atoms with van der Waals surface area (Å²) in [6.07, 6.45) is 1.87. The molecule has 0 N–H and O–H groups in total. The summed E-state index contributed by atoms with van der Waals surface area (Å²) in [5, 5.41) is 0. The van der Waals surface area contributed by atoms with Gasteiger partial charge in [-0.25, -0.2) is 0 Å². The Labute approximate surface area is 141 Å². The van der Waals surface area contributed by atoms with Gasteiger partial charge in [0, 0.05) is 13.7 Å². The minimum absolute atomic E-state index is 0.00401. The predicted molar refractivity (Wildman–Crippen MR) is 89.3 cm³/mol. The number of carbonyl (C=O) groups is 1. The number of nitrogens with zero attached hydrogens (tertiary/aromatic N) is 1. The second-order valence-corrected chi connectivity index (χ2v) is 5.25. The van der Waals surface area contributed by atoms with Crippen LogP contribution in [0.15, 0.2) is 41.0 Å². The summed E-state index contributed by atoms with van der Waals surface area (Å²) >= 11 is 0. The van der Waals surface area contributed by atoms with Gasteiger partial charge >= 0.3 is 0 Å². The number of ether oxygens (including phenoxy) is 3. The lowest BCUT2D eigenvalue weighted by Crippen LogP contribution is -2.34. The number of benzene rings is 1. The van der Waals surface area contributed by atoms with Crippen molar-refractivity contribution < 1.29 is 23.4 Å². The Kier molecular flexibility index (Phi) is 6.69. The molecule has 24 heavy (non-hydrogen) atoms. The van der Waals surface area contributed by atoms with Crippen molar-refractivity contribution in [2.75, 3.05) is 34.5 Å². The molecule has 0 aliphatic heterocycles. The van der Waals surface area contributed by atoms with Gasteiger partial charge in [0.2, 0.25) is 5.91 Å². The van der Waals surface area contributed by atoms with Crippen molar-refractivity contribution in [3.05, 3.63) is 47.9 Å². The molecule has 6 heteroatoms. The molecule has 0 aliphatic rings. The summed E-state index contributed by atoms with van der Waals surface area (Å²) in [7, 11) is 4.77. The van der Waals surface area contributed by atoms with Crippen LogP contribution in [0.25, 0.3) is 0 Å². The van der Waals surface area contributed by atoms with E-state index in [2.05, 4.69) is 0 Å². The first kappa shape index (κ1) is 17.9. The second-order valence-electron chi connectivity index (χ2n) is 5.25. The zero-order chi connectivity index (χ0) is 17.4. The van der Waals surface area contributed by atoms with Gasteiger partial charge < -0.3 is 23.5 Å². The van der Waals surface area contributed by atoms with Crippen LogP contribution in [-0.4, -0.2) is 45.3 Å². The molecule has 0 saturated carbocycles. The number of hydrogen-bond acceptors (Lipinski definition) is 5. The molecule has 2 aromatic rings. The third-order valence-electron chi connectivity index (χ3n) is 3.65. The monoisotopic (exact) mass is 333 g/mol. The van der Waals surface area contributed by atoms with E-state index in [9.17, 15) is 4.79 Å². The molecule has 0 radical (unpaired) electrons. The summed E-state index contributed by atoms with van der Waals surface area (Å²) in [4.78, 5) is 14.4. The van der Waals surface area contributed by atoms with Crippen LogP contribution in [0.3, 0.4) is 0 Å². The minimum atomic E-state index is -0.00401. The van der Waals surface area contributed by atoms with Gasteiger partial charge in [0.1, 0.15) is 5.76 Å². The maximum Gasteiger partial charge on any atom is 0.227 e. The molecule has 0 spiro atoms. The van der Waals surface area contributed by atoms with Gasteiger partial charge in [-0.05, 0) is 29.8 Å². The third-order valence-corrected chi connectivity index (χ3v) is 3.65. The number of furan rings is 1. The first-order valence-corrected chi connectivity index (χ1v) is 7.68. The molecule has 0 atom stereocenters. The van der Waals surface area contributed by atoms with Crippen molar-refractivity contribution in [1.29, 1.82) is 0 Å². The quantitative estimate of drug-likeness (QED) is 0.706. The standard InChI is InChI=1S/C18H23NO5/c1-21-10-8-19(13-15-5-4-9-24-15)18(20)12-14-6-7-16(22-2)17(11-14)23-3/h4-7,9,11H,8,10,12-13H2,1-3H3. The van der Waals surface area contributed by atoms with Crippen LogP contribution >= 0.6 is 0 Å². The van der Waals surface area contributed by atoms with Gasteiger partial charge in [-0.2, -0.15) is 0 Å². The Morgan fingerprint density at radius 1 is 1.12 bits per heavy atom. The lowest BCUT2D eigenvalue weighted by molar-refractivity contribution is -0.132. The smallest absolute Gasteiger partial charge is 0.227 e. The van der Waals surface area contributed by atoms with Crippen molar-refractivity contribution in [2.24, 2.45) is 0 Å². The van der Waals surface area contributed by atoms with Gasteiger partial charge in [0.25, 0.3) is 0 Å². The predicted octanol–water partition coefficient (Wildman–Crippen LogP) is 2.51. The lowest BCUT2D eigenvalue weighted by Gasteiger charge is -2.21.